The number of hydrogen-bond acceptors (Lipinski definition) is 5. The molecule has 0 radical (unpaired) electrons. The summed E-state index contributed by atoms with van der Waals surface area (Å²) >= 11 is 0. The van der Waals surface area contributed by atoms with Gasteiger partial charge in [0.15, 0.2) is 11.6 Å². The van der Waals surface area contributed by atoms with Crippen molar-refractivity contribution in [3.05, 3.63) is 102 Å². The first-order chi connectivity index (χ1) is 17.7. The number of pyridine rings is 1. The number of ketones is 1. The van der Waals surface area contributed by atoms with E-state index in [0.717, 1.165) is 40.6 Å². The SMILES string of the molecule is C=CC(=O)CNc1cccc(-c2cc(Cc3ccccc3)cc(Nc3cc(C4CCCC4)[nH]n3)n2)c1. The molecule has 0 unspecified atom stereocenters. The van der Waals surface area contributed by atoms with Crippen LogP contribution in [0.25, 0.3) is 11.3 Å². The van der Waals surface area contributed by atoms with Crippen LogP contribution in [0.1, 0.15) is 48.4 Å². The summed E-state index contributed by atoms with van der Waals surface area (Å²) in [4.78, 5) is 16.6. The lowest BCUT2D eigenvalue weighted by molar-refractivity contribution is -0.113. The Labute approximate surface area is 211 Å². The van der Waals surface area contributed by atoms with Crippen molar-refractivity contribution in [3.63, 3.8) is 0 Å². The van der Waals surface area contributed by atoms with E-state index in [1.807, 2.05) is 30.3 Å². The van der Waals surface area contributed by atoms with Gasteiger partial charge in [0.1, 0.15) is 5.82 Å². The molecule has 6 nitrogen and oxygen atoms in total. The summed E-state index contributed by atoms with van der Waals surface area (Å²) in [6.45, 7) is 3.75. The molecule has 4 aromatic rings. The minimum atomic E-state index is -0.0501. The highest BCUT2D eigenvalue weighted by Crippen LogP contribution is 2.34. The quantitative estimate of drug-likeness (QED) is 0.223. The summed E-state index contributed by atoms with van der Waals surface area (Å²) < 4.78 is 0. The monoisotopic (exact) mass is 477 g/mol. The number of carbonyl (C=O) groups excluding carboxylic acids is 1. The molecule has 0 saturated heterocycles. The zero-order valence-corrected chi connectivity index (χ0v) is 20.3. The number of carbonyl (C=O) groups is 1. The van der Waals surface area contributed by atoms with Gasteiger partial charge in [-0.05, 0) is 60.7 Å². The van der Waals surface area contributed by atoms with Gasteiger partial charge < -0.3 is 10.6 Å². The lowest BCUT2D eigenvalue weighted by atomic mass is 10.0. The van der Waals surface area contributed by atoms with Gasteiger partial charge in [-0.3, -0.25) is 9.89 Å². The molecular weight excluding hydrogens is 446 g/mol. The van der Waals surface area contributed by atoms with E-state index < -0.39 is 0 Å². The second-order valence-corrected chi connectivity index (χ2v) is 9.33. The largest absolute Gasteiger partial charge is 0.378 e. The van der Waals surface area contributed by atoms with Crippen LogP contribution in [-0.4, -0.2) is 27.5 Å². The number of benzene rings is 2. The number of nitrogens with zero attached hydrogens (tertiary/aromatic N) is 2. The van der Waals surface area contributed by atoms with E-state index in [4.69, 9.17) is 4.98 Å². The summed E-state index contributed by atoms with van der Waals surface area (Å²) in [7, 11) is 0. The van der Waals surface area contributed by atoms with Crippen LogP contribution in [0.2, 0.25) is 0 Å². The fourth-order valence-electron chi connectivity index (χ4n) is 4.76. The molecule has 2 heterocycles. The third kappa shape index (κ3) is 5.89. The molecule has 182 valence electrons. The highest BCUT2D eigenvalue weighted by atomic mass is 16.1. The van der Waals surface area contributed by atoms with Gasteiger partial charge >= 0.3 is 0 Å². The number of H-pyrrole nitrogens is 1. The maximum absolute atomic E-state index is 11.7. The molecule has 2 aromatic carbocycles. The van der Waals surface area contributed by atoms with Crippen molar-refractivity contribution in [2.24, 2.45) is 0 Å². The number of aromatic amines is 1. The van der Waals surface area contributed by atoms with Crippen molar-refractivity contribution < 1.29 is 4.79 Å². The molecule has 1 aliphatic rings. The van der Waals surface area contributed by atoms with Crippen molar-refractivity contribution in [2.45, 2.75) is 38.0 Å². The Morgan fingerprint density at radius 3 is 2.61 bits per heavy atom. The van der Waals surface area contributed by atoms with E-state index in [2.05, 4.69) is 69.9 Å². The average molecular weight is 478 g/mol. The van der Waals surface area contributed by atoms with Crippen molar-refractivity contribution in [1.29, 1.82) is 0 Å². The zero-order chi connectivity index (χ0) is 24.7. The molecule has 2 aromatic heterocycles. The van der Waals surface area contributed by atoms with Gasteiger partial charge in [-0.15, -0.1) is 0 Å². The van der Waals surface area contributed by atoms with Gasteiger partial charge in [0.2, 0.25) is 0 Å². The predicted molar refractivity (Wildman–Crippen MR) is 146 cm³/mol. The van der Waals surface area contributed by atoms with Crippen LogP contribution < -0.4 is 10.6 Å². The molecule has 1 fully saturated rings. The standard InChI is InChI=1S/C30H31N5O/c1-2-26(36)20-31-25-14-8-13-24(18-25)27-16-22(15-21-9-4-3-5-10-21)17-29(32-27)33-30-19-28(34-35-30)23-11-6-7-12-23/h2-5,8-10,13-14,16-19,23,31H,1,6-7,11-12,15,20H2,(H2,32,33,34,35). The van der Waals surface area contributed by atoms with Gasteiger partial charge in [-0.25, -0.2) is 4.98 Å². The van der Waals surface area contributed by atoms with Gasteiger partial charge in [0.25, 0.3) is 0 Å². The topological polar surface area (TPSA) is 82.7 Å². The van der Waals surface area contributed by atoms with Crippen LogP contribution in [0, 0.1) is 0 Å². The first kappa shape index (κ1) is 23.5. The first-order valence-corrected chi connectivity index (χ1v) is 12.5. The Hall–Kier alpha value is -4.19. The summed E-state index contributed by atoms with van der Waals surface area (Å²) in [6.07, 6.45) is 7.14. The van der Waals surface area contributed by atoms with Gasteiger partial charge in [-0.2, -0.15) is 5.10 Å². The van der Waals surface area contributed by atoms with E-state index in [1.165, 1.54) is 43.0 Å². The normalized spacial score (nSPS) is 13.4. The van der Waals surface area contributed by atoms with Crippen molar-refractivity contribution in [2.75, 3.05) is 17.2 Å². The maximum atomic E-state index is 11.7. The number of rotatable bonds is 10. The molecule has 0 spiro atoms. The smallest absolute Gasteiger partial charge is 0.174 e. The molecule has 3 N–H and O–H groups in total. The highest BCUT2D eigenvalue weighted by Gasteiger charge is 2.19. The minimum Gasteiger partial charge on any atom is -0.378 e. The molecule has 36 heavy (non-hydrogen) atoms. The summed E-state index contributed by atoms with van der Waals surface area (Å²) in [6, 6.07) is 24.7. The molecule has 6 heteroatoms. The number of hydrogen-bond donors (Lipinski definition) is 3. The molecule has 5 rings (SSSR count). The Kier molecular flexibility index (Phi) is 7.22. The zero-order valence-electron chi connectivity index (χ0n) is 20.3. The fourth-order valence-corrected chi connectivity index (χ4v) is 4.76. The van der Waals surface area contributed by atoms with E-state index in [9.17, 15) is 4.79 Å². The second-order valence-electron chi connectivity index (χ2n) is 9.33. The average Bonchev–Trinajstić information content (AvgIpc) is 3.60. The Balaban J connectivity index is 1.43. The second kappa shape index (κ2) is 11.0. The lowest BCUT2D eigenvalue weighted by Gasteiger charge is -2.12. The van der Waals surface area contributed by atoms with Gasteiger partial charge in [0.05, 0.1) is 12.2 Å². The van der Waals surface area contributed by atoms with Crippen LogP contribution in [0.5, 0.6) is 0 Å². The van der Waals surface area contributed by atoms with E-state index in [1.54, 1.807) is 0 Å². The summed E-state index contributed by atoms with van der Waals surface area (Å²) in [5.74, 6) is 2.06. The molecular formula is C30H31N5O. The van der Waals surface area contributed by atoms with E-state index in [-0.39, 0.29) is 12.3 Å². The van der Waals surface area contributed by atoms with E-state index in [0.29, 0.717) is 5.92 Å². The summed E-state index contributed by atoms with van der Waals surface area (Å²) in [5, 5.41) is 14.3. The minimum absolute atomic E-state index is 0.0501. The Morgan fingerprint density at radius 1 is 0.972 bits per heavy atom. The molecule has 1 aliphatic carbocycles. The molecule has 0 aliphatic heterocycles. The number of aromatic nitrogens is 3. The predicted octanol–water partition coefficient (Wildman–Crippen LogP) is 6.63. The molecule has 1 saturated carbocycles. The van der Waals surface area contributed by atoms with Crippen LogP contribution >= 0.6 is 0 Å². The fraction of sp³-hybridized carbons (Fsp3) is 0.233. The van der Waals surface area contributed by atoms with Crippen molar-refractivity contribution in [3.8, 4) is 11.3 Å². The molecule has 0 amide bonds. The maximum Gasteiger partial charge on any atom is 0.174 e. The lowest BCUT2D eigenvalue weighted by Crippen LogP contribution is -2.10. The summed E-state index contributed by atoms with van der Waals surface area (Å²) in [5.41, 5.74) is 6.28. The van der Waals surface area contributed by atoms with Crippen LogP contribution in [0.3, 0.4) is 0 Å². The third-order valence-electron chi connectivity index (χ3n) is 6.64. The number of anilines is 3. The van der Waals surface area contributed by atoms with Gasteiger partial charge in [-0.1, -0.05) is 61.9 Å². The Bertz CT molecular complexity index is 1340. The van der Waals surface area contributed by atoms with Gasteiger partial charge in [0, 0.05) is 28.9 Å². The van der Waals surface area contributed by atoms with E-state index >= 15 is 0 Å². The van der Waals surface area contributed by atoms with Crippen LogP contribution in [-0.2, 0) is 11.2 Å². The highest BCUT2D eigenvalue weighted by molar-refractivity contribution is 5.92. The molecule has 0 bridgehead atoms. The van der Waals surface area contributed by atoms with Crippen LogP contribution in [0.15, 0.2) is 85.5 Å². The number of nitrogens with one attached hydrogen (secondary N) is 3. The third-order valence-corrected chi connectivity index (χ3v) is 6.64. The first-order valence-electron chi connectivity index (χ1n) is 12.5. The molecule has 0 atom stereocenters. The van der Waals surface area contributed by atoms with Crippen molar-refractivity contribution >= 4 is 23.1 Å². The Morgan fingerprint density at radius 2 is 1.81 bits per heavy atom. The van der Waals surface area contributed by atoms with Crippen LogP contribution in [0.4, 0.5) is 17.3 Å². The van der Waals surface area contributed by atoms with Crippen molar-refractivity contribution in [1.82, 2.24) is 15.2 Å².